The minimum Gasteiger partial charge on any atom is -0.491 e. The normalized spacial score (nSPS) is 16.9. The van der Waals surface area contributed by atoms with E-state index in [2.05, 4.69) is 225 Å². The van der Waals surface area contributed by atoms with Crippen LogP contribution < -0.4 is 37.9 Å². The number of hydrogen-bond acceptors (Lipinski definition) is 12. The van der Waals surface area contributed by atoms with Crippen molar-refractivity contribution in [2.75, 3.05) is 106 Å². The van der Waals surface area contributed by atoms with Crippen molar-refractivity contribution in [2.24, 2.45) is 10.8 Å². The second-order valence-corrected chi connectivity index (χ2v) is 36.0. The summed E-state index contributed by atoms with van der Waals surface area (Å²) in [4.78, 5) is 0. The van der Waals surface area contributed by atoms with E-state index in [0.29, 0.717) is 154 Å². The molecule has 548 valence electrons. The molecular formula is C88H124O12. The van der Waals surface area contributed by atoms with E-state index in [1.165, 1.54) is 33.4 Å². The third-order valence-electron chi connectivity index (χ3n) is 19.2. The van der Waals surface area contributed by atoms with Crippen molar-refractivity contribution in [1.29, 1.82) is 0 Å². The molecule has 6 aromatic carbocycles. The standard InChI is InChI=1S/C88H124O12/c1-81(2,3)57-87(19,20)67-23-25-73-75(55-67)95-37-29-91-33-41-99-79-63-44-62-50-70(84(10,11)12)48-60-43-59-47-69(83(7,8)9)49-61(77(59)97-39-31-89-27-35-93-73)45-64-52-72(86(16,17)18)54-66(46-65(79)53-71(51-63)85(13,14)15)80(64)100-42-34-92-30-38-96-76-56-68(88(21,22)58-82(4,5)6)24-26-74(76)94-36-28-90-32-40-98-78(60)62/h23-26,47-56H,27-46,57-58H2,1-22H3. The van der Waals surface area contributed by atoms with E-state index < -0.39 is 0 Å². The second-order valence-electron chi connectivity index (χ2n) is 36.0. The summed E-state index contributed by atoms with van der Waals surface area (Å²) in [6, 6.07) is 31.7. The van der Waals surface area contributed by atoms with E-state index in [0.717, 1.165) is 80.3 Å². The molecule has 12 heteroatoms. The first-order valence-electron chi connectivity index (χ1n) is 37.1. The number of hydrogen-bond donors (Lipinski definition) is 0. The lowest BCUT2D eigenvalue weighted by Crippen LogP contribution is -2.25. The first-order chi connectivity index (χ1) is 46.8. The molecule has 4 heterocycles. The van der Waals surface area contributed by atoms with Gasteiger partial charge in [-0.25, -0.2) is 0 Å². The maximum atomic E-state index is 7.33. The molecule has 0 aromatic heterocycles. The summed E-state index contributed by atoms with van der Waals surface area (Å²) in [6.45, 7) is 55.7. The molecule has 0 saturated carbocycles. The molecular weight excluding hydrogens is 1250 g/mol. The van der Waals surface area contributed by atoms with Crippen LogP contribution in [0.1, 0.15) is 243 Å². The highest BCUT2D eigenvalue weighted by Crippen LogP contribution is 2.47. The SMILES string of the molecule is CC(C)(C)CC(C)(C)c1ccc2c(c1)OCCOCCOc1c3cc(C(C)(C)C)cc1Cc1cc(C(C)(C)C)cc4c1OCCOCCOc1cc(C(C)(C)CC(C)(C)C)ccc1OCCOCCOc1c(cc(C(C)(C)C)cc1C3)Cc1cc(C(C)(C)C)cc(c1OCCOCCO2)C4. The van der Waals surface area contributed by atoms with Gasteiger partial charge >= 0.3 is 0 Å². The molecule has 100 heavy (non-hydrogen) atoms. The van der Waals surface area contributed by atoms with Gasteiger partial charge in [0.15, 0.2) is 23.0 Å². The Morgan fingerprint density at radius 3 is 0.620 bits per heavy atom. The highest BCUT2D eigenvalue weighted by molar-refractivity contribution is 5.60. The molecule has 11 rings (SSSR count). The van der Waals surface area contributed by atoms with Gasteiger partial charge in [-0.05, 0) is 158 Å². The number of rotatable bonds is 4. The van der Waals surface area contributed by atoms with Crippen LogP contribution in [0.3, 0.4) is 0 Å². The van der Waals surface area contributed by atoms with Crippen LogP contribution in [0, 0.1) is 10.8 Å². The number of fused-ring (bicyclic) bond motifs is 24. The average Bonchev–Trinajstić information content (AvgIpc) is 0.765. The van der Waals surface area contributed by atoms with Crippen molar-refractivity contribution in [3.05, 3.63) is 163 Å². The van der Waals surface area contributed by atoms with Crippen molar-refractivity contribution in [3.8, 4) is 46.0 Å². The van der Waals surface area contributed by atoms with Gasteiger partial charge in [-0.15, -0.1) is 0 Å². The van der Waals surface area contributed by atoms with Crippen molar-refractivity contribution in [1.82, 2.24) is 0 Å². The smallest absolute Gasteiger partial charge is 0.161 e. The van der Waals surface area contributed by atoms with Crippen LogP contribution in [-0.4, -0.2) is 106 Å². The molecule has 0 saturated heterocycles. The van der Waals surface area contributed by atoms with E-state index in [9.17, 15) is 0 Å². The molecule has 0 fully saturated rings. The molecule has 5 aliphatic rings. The minimum absolute atomic E-state index is 0.109. The summed E-state index contributed by atoms with van der Waals surface area (Å²) in [7, 11) is 0. The zero-order valence-electron chi connectivity index (χ0n) is 65.5. The van der Waals surface area contributed by atoms with Crippen molar-refractivity contribution < 1.29 is 56.8 Å². The molecule has 1 aliphatic carbocycles. The monoisotopic (exact) mass is 1370 g/mol. The first-order valence-corrected chi connectivity index (χ1v) is 37.1. The highest BCUT2D eigenvalue weighted by Gasteiger charge is 2.33. The van der Waals surface area contributed by atoms with E-state index >= 15 is 0 Å². The third kappa shape index (κ3) is 21.3. The van der Waals surface area contributed by atoms with E-state index in [1.807, 2.05) is 12.1 Å². The van der Waals surface area contributed by atoms with Crippen molar-refractivity contribution in [3.63, 3.8) is 0 Å². The predicted octanol–water partition coefficient (Wildman–Crippen LogP) is 19.5. The summed E-state index contributed by atoms with van der Waals surface area (Å²) in [5.74, 6) is 6.00. The Morgan fingerprint density at radius 1 is 0.220 bits per heavy atom. The molecule has 0 N–H and O–H groups in total. The topological polar surface area (TPSA) is 111 Å². The van der Waals surface area contributed by atoms with E-state index in [4.69, 9.17) is 56.8 Å². The molecule has 0 atom stereocenters. The quantitative estimate of drug-likeness (QED) is 0.156. The Bertz CT molecular complexity index is 3480. The van der Waals surface area contributed by atoms with Crippen LogP contribution in [0.5, 0.6) is 46.0 Å². The number of ether oxygens (including phenoxy) is 12. The van der Waals surface area contributed by atoms with Crippen LogP contribution >= 0.6 is 0 Å². The lowest BCUT2D eigenvalue weighted by Gasteiger charge is -2.33. The summed E-state index contributed by atoms with van der Waals surface area (Å²) < 4.78 is 81.5. The Morgan fingerprint density at radius 2 is 0.420 bits per heavy atom. The maximum Gasteiger partial charge on any atom is 0.161 e. The fourth-order valence-corrected chi connectivity index (χ4v) is 14.6. The fourth-order valence-electron chi connectivity index (χ4n) is 14.6. The molecule has 0 radical (unpaired) electrons. The minimum atomic E-state index is -0.237. The maximum absolute atomic E-state index is 7.33. The van der Waals surface area contributed by atoms with Crippen molar-refractivity contribution in [2.45, 2.75) is 223 Å². The van der Waals surface area contributed by atoms with Gasteiger partial charge in [0, 0.05) is 25.7 Å². The summed E-state index contributed by atoms with van der Waals surface area (Å²) >= 11 is 0. The van der Waals surface area contributed by atoms with Crippen LogP contribution in [0.15, 0.2) is 84.9 Å². The van der Waals surface area contributed by atoms with Gasteiger partial charge < -0.3 is 56.8 Å². The van der Waals surface area contributed by atoms with E-state index in [1.54, 1.807) is 0 Å². The molecule has 12 bridgehead atoms. The summed E-state index contributed by atoms with van der Waals surface area (Å²) in [5.41, 5.74) is 14.7. The predicted molar refractivity (Wildman–Crippen MR) is 406 cm³/mol. The Hall–Kier alpha value is -6.44. The lowest BCUT2D eigenvalue weighted by molar-refractivity contribution is 0.0694. The molecule has 6 aromatic rings. The fraction of sp³-hybridized carbons (Fsp3) is 0.591. The molecule has 12 nitrogen and oxygen atoms in total. The number of benzene rings is 6. The van der Waals surface area contributed by atoms with E-state index in [-0.39, 0.29) is 43.3 Å². The largest absolute Gasteiger partial charge is 0.491 e. The van der Waals surface area contributed by atoms with Gasteiger partial charge in [-0.1, -0.05) is 213 Å². The molecule has 0 unspecified atom stereocenters. The molecule has 0 amide bonds. The van der Waals surface area contributed by atoms with Crippen molar-refractivity contribution >= 4 is 0 Å². The van der Waals surface area contributed by atoms with Gasteiger partial charge in [0.2, 0.25) is 0 Å². The van der Waals surface area contributed by atoms with Crippen LogP contribution in [-0.2, 0) is 77.1 Å². The van der Waals surface area contributed by atoms with Gasteiger partial charge in [0.25, 0.3) is 0 Å². The van der Waals surface area contributed by atoms with Gasteiger partial charge in [0.1, 0.15) is 75.9 Å². The average molecular weight is 1370 g/mol. The van der Waals surface area contributed by atoms with Gasteiger partial charge in [-0.3, -0.25) is 0 Å². The van der Waals surface area contributed by atoms with Gasteiger partial charge in [0.05, 0.1) is 52.9 Å². The lowest BCUT2D eigenvalue weighted by atomic mass is 9.72. The Balaban J connectivity index is 1.23. The second kappa shape index (κ2) is 32.1. The third-order valence-corrected chi connectivity index (χ3v) is 19.2. The zero-order valence-corrected chi connectivity index (χ0v) is 65.5. The zero-order chi connectivity index (χ0) is 72.6. The van der Waals surface area contributed by atoms with Crippen LogP contribution in [0.25, 0.3) is 0 Å². The molecule has 0 spiro atoms. The highest BCUT2D eigenvalue weighted by atomic mass is 16.6. The Labute approximate surface area is 602 Å². The summed E-state index contributed by atoms with van der Waals surface area (Å²) in [6.07, 6.45) is 4.03. The Kier molecular flexibility index (Phi) is 24.9. The van der Waals surface area contributed by atoms with Gasteiger partial charge in [-0.2, -0.15) is 0 Å². The molecule has 4 aliphatic heterocycles. The van der Waals surface area contributed by atoms with Crippen LogP contribution in [0.2, 0.25) is 0 Å². The summed E-state index contributed by atoms with van der Waals surface area (Å²) in [5, 5.41) is 0. The van der Waals surface area contributed by atoms with Crippen LogP contribution in [0.4, 0.5) is 0 Å². The first kappa shape index (κ1) is 77.7.